The third kappa shape index (κ3) is 19.3. The standard InChI is InChI=1S/C30H46N3O8.Os/c31-24(29(38)39)16-10-11-20-32-26(34)19-18-25(30(40)41)33-27(35)17-9-7-5-3-1-2-4-6-8-13-22-14-12-15-23(21-22)28(36)37;/h12,14-15,21,24-25,31H,1-11,13,16-20H2,(H,32,34)(H,33,35)(H,36,37)(H,38,39)(H,40,41);/q-1;+1/t24?,25-;/m0./s1. The summed E-state index contributed by atoms with van der Waals surface area (Å²) in [6.45, 7) is 0.320. The number of carbonyl (C=O) groups is 5. The number of hydrogen-bond donors (Lipinski definition) is 5. The Labute approximate surface area is 261 Å². The zero-order valence-electron chi connectivity index (χ0n) is 24.2. The number of benzene rings is 1. The first-order chi connectivity index (χ1) is 19.6. The molecule has 1 rings (SSSR count). The molecule has 0 heterocycles. The maximum atomic E-state index is 12.2. The minimum Gasteiger partial charge on any atom is -0.665 e. The Morgan fingerprint density at radius 3 is 1.93 bits per heavy atom. The molecule has 1 aromatic carbocycles. The summed E-state index contributed by atoms with van der Waals surface area (Å²) in [5, 5.41) is 32.3. The molecule has 1 radical (unpaired) electrons. The molecule has 0 bridgehead atoms. The molecule has 0 aromatic heterocycles. The Bertz CT molecular complexity index is 976. The van der Waals surface area contributed by atoms with E-state index < -0.39 is 30.0 Å². The van der Waals surface area contributed by atoms with Crippen LogP contribution in [0.3, 0.4) is 0 Å². The average molecular weight is 767 g/mol. The summed E-state index contributed by atoms with van der Waals surface area (Å²) in [5.41, 5.74) is 8.69. The van der Waals surface area contributed by atoms with Gasteiger partial charge in [-0.25, -0.2) is 9.59 Å². The number of amides is 2. The molecule has 0 spiro atoms. The predicted molar refractivity (Wildman–Crippen MR) is 155 cm³/mol. The molecule has 12 heteroatoms. The van der Waals surface area contributed by atoms with Gasteiger partial charge in [-0.05, 0) is 55.8 Å². The maximum absolute atomic E-state index is 12.2. The number of carboxylic acids is 3. The summed E-state index contributed by atoms with van der Waals surface area (Å²) in [4.78, 5) is 57.3. The fourth-order valence-electron chi connectivity index (χ4n) is 4.42. The first-order valence-corrected chi connectivity index (χ1v) is 14.6. The molecule has 0 aliphatic carbocycles. The van der Waals surface area contributed by atoms with E-state index in [1.165, 1.54) is 0 Å². The van der Waals surface area contributed by atoms with Crippen LogP contribution in [0.25, 0.3) is 5.73 Å². The van der Waals surface area contributed by atoms with E-state index in [2.05, 4.69) is 10.6 Å². The van der Waals surface area contributed by atoms with Crippen LogP contribution in [0.2, 0.25) is 0 Å². The molecule has 0 aliphatic rings. The molecular weight excluding hydrogens is 721 g/mol. The van der Waals surface area contributed by atoms with E-state index in [1.807, 2.05) is 6.07 Å². The van der Waals surface area contributed by atoms with E-state index in [0.717, 1.165) is 63.4 Å². The van der Waals surface area contributed by atoms with E-state index in [1.54, 1.807) is 18.2 Å². The van der Waals surface area contributed by atoms with Gasteiger partial charge in [-0.2, -0.15) is 0 Å². The second-order valence-corrected chi connectivity index (χ2v) is 10.4. The van der Waals surface area contributed by atoms with Gasteiger partial charge >= 0.3 is 31.7 Å². The van der Waals surface area contributed by atoms with Crippen LogP contribution < -0.4 is 10.6 Å². The van der Waals surface area contributed by atoms with Crippen LogP contribution >= 0.6 is 0 Å². The number of nitrogens with one attached hydrogen (secondary N) is 3. The van der Waals surface area contributed by atoms with Crippen LogP contribution in [0.4, 0.5) is 0 Å². The van der Waals surface area contributed by atoms with Crippen molar-refractivity contribution in [1.82, 2.24) is 10.6 Å². The van der Waals surface area contributed by atoms with Gasteiger partial charge in [0.1, 0.15) is 6.04 Å². The number of carboxylic acid groups (broad SMARTS) is 3. The molecule has 0 fully saturated rings. The number of hydrogen-bond acceptors (Lipinski definition) is 5. The summed E-state index contributed by atoms with van der Waals surface area (Å²) in [6.07, 6.45) is 11.5. The van der Waals surface area contributed by atoms with E-state index in [4.69, 9.17) is 15.9 Å². The van der Waals surface area contributed by atoms with Crippen LogP contribution in [0, 0.1) is 0 Å². The molecular formula is C30H46N3O8Os. The third-order valence-electron chi connectivity index (χ3n) is 6.88. The molecule has 0 aliphatic heterocycles. The van der Waals surface area contributed by atoms with Crippen LogP contribution in [-0.2, 0) is 45.4 Å². The average Bonchev–Trinajstić information content (AvgIpc) is 2.93. The minimum atomic E-state index is -1.19. The zero-order chi connectivity index (χ0) is 30.5. The molecule has 11 nitrogen and oxygen atoms in total. The largest absolute Gasteiger partial charge is 1.00 e. The Morgan fingerprint density at radius 2 is 1.33 bits per heavy atom. The first-order valence-electron chi connectivity index (χ1n) is 14.6. The van der Waals surface area contributed by atoms with Gasteiger partial charge in [0.15, 0.2) is 0 Å². The van der Waals surface area contributed by atoms with Crippen molar-refractivity contribution >= 4 is 29.7 Å². The quantitative estimate of drug-likeness (QED) is 0.0911. The SMILES string of the molecule is [NH-]C(CCCCNC(=O)CC[C@H](NC(=O)CCCCCCCCCCCc1cccc(C(=O)O)c1)C(=O)O)C(=O)O.[Os+]. The van der Waals surface area contributed by atoms with Crippen LogP contribution in [0.5, 0.6) is 0 Å². The van der Waals surface area contributed by atoms with Crippen molar-refractivity contribution in [3.05, 3.63) is 41.1 Å². The number of unbranched alkanes of at least 4 members (excludes halogenated alkanes) is 9. The van der Waals surface area contributed by atoms with Gasteiger partial charge < -0.3 is 31.7 Å². The van der Waals surface area contributed by atoms with Gasteiger partial charge in [0.25, 0.3) is 5.97 Å². The van der Waals surface area contributed by atoms with E-state index in [-0.39, 0.29) is 57.3 Å². The van der Waals surface area contributed by atoms with E-state index in [9.17, 15) is 29.1 Å². The van der Waals surface area contributed by atoms with Crippen molar-refractivity contribution in [3.8, 4) is 0 Å². The molecule has 1 aromatic rings. The summed E-state index contributed by atoms with van der Waals surface area (Å²) in [7, 11) is 0. The molecule has 0 saturated carbocycles. The van der Waals surface area contributed by atoms with Crippen molar-refractivity contribution in [2.75, 3.05) is 6.54 Å². The first kappa shape index (κ1) is 39.2. The summed E-state index contributed by atoms with van der Waals surface area (Å²) in [6, 6.07) is 4.78. The number of aliphatic carboxylic acids is 2. The fraction of sp³-hybridized carbons (Fsp3) is 0.633. The zero-order valence-corrected chi connectivity index (χ0v) is 26.8. The van der Waals surface area contributed by atoms with Crippen molar-refractivity contribution in [2.45, 2.75) is 115 Å². The minimum absolute atomic E-state index is 0. The van der Waals surface area contributed by atoms with Crippen molar-refractivity contribution in [1.29, 1.82) is 0 Å². The Balaban J connectivity index is 0.0000168. The summed E-state index contributed by atoms with van der Waals surface area (Å²) in [5.74, 6) is -3.93. The van der Waals surface area contributed by atoms with Gasteiger partial charge in [0.05, 0.1) is 5.56 Å². The summed E-state index contributed by atoms with van der Waals surface area (Å²) >= 11 is 0. The van der Waals surface area contributed by atoms with Crippen LogP contribution in [-0.4, -0.2) is 63.7 Å². The fourth-order valence-corrected chi connectivity index (χ4v) is 4.42. The third-order valence-corrected chi connectivity index (χ3v) is 6.88. The second kappa shape index (κ2) is 23.7. The second-order valence-electron chi connectivity index (χ2n) is 10.4. The van der Waals surface area contributed by atoms with E-state index >= 15 is 0 Å². The number of carbonyl (C=O) groups excluding carboxylic acids is 2. The maximum Gasteiger partial charge on any atom is 1.00 e. The smallest absolute Gasteiger partial charge is 0.665 e. The van der Waals surface area contributed by atoms with E-state index in [0.29, 0.717) is 31.4 Å². The van der Waals surface area contributed by atoms with Gasteiger partial charge in [0.2, 0.25) is 11.8 Å². The summed E-state index contributed by atoms with van der Waals surface area (Å²) < 4.78 is 0. The Morgan fingerprint density at radius 1 is 0.714 bits per heavy atom. The number of rotatable bonds is 24. The van der Waals surface area contributed by atoms with Gasteiger partial charge in [-0.15, -0.1) is 0 Å². The molecule has 2 atom stereocenters. The molecule has 237 valence electrons. The predicted octanol–water partition coefficient (Wildman–Crippen LogP) is 4.97. The van der Waals surface area contributed by atoms with Gasteiger partial charge in [-0.1, -0.05) is 69.9 Å². The Kier molecular flexibility index (Phi) is 22.1. The normalized spacial score (nSPS) is 12.0. The van der Waals surface area contributed by atoms with Gasteiger partial charge in [0, 0.05) is 19.4 Å². The van der Waals surface area contributed by atoms with Crippen LogP contribution in [0.1, 0.15) is 112 Å². The van der Waals surface area contributed by atoms with Crippen molar-refractivity contribution < 1.29 is 59.1 Å². The number of aromatic carboxylic acids is 1. The Hall–Kier alpha value is -2.83. The number of aryl methyl sites for hydroxylation is 1. The molecule has 1 unspecified atom stereocenters. The monoisotopic (exact) mass is 768 g/mol. The molecule has 2 amide bonds. The van der Waals surface area contributed by atoms with Crippen LogP contribution in [0.15, 0.2) is 24.3 Å². The molecule has 6 N–H and O–H groups in total. The van der Waals surface area contributed by atoms with Gasteiger partial charge in [-0.3, -0.25) is 14.4 Å². The van der Waals surface area contributed by atoms with Crippen molar-refractivity contribution in [2.24, 2.45) is 0 Å². The molecule has 42 heavy (non-hydrogen) atoms. The van der Waals surface area contributed by atoms with Crippen molar-refractivity contribution in [3.63, 3.8) is 0 Å². The topological polar surface area (TPSA) is 194 Å². The molecule has 0 saturated heterocycles.